The van der Waals surface area contributed by atoms with Gasteiger partial charge in [0.1, 0.15) is 6.61 Å². The zero-order chi connectivity index (χ0) is 9.68. The van der Waals surface area contributed by atoms with Crippen LogP contribution in [0.2, 0.25) is 0 Å². The quantitative estimate of drug-likeness (QED) is 0.271. The van der Waals surface area contributed by atoms with E-state index in [4.69, 9.17) is 15.9 Å². The molecule has 1 unspecified atom stereocenters. The van der Waals surface area contributed by atoms with E-state index in [-0.39, 0.29) is 18.5 Å². The molecule has 0 fully saturated rings. The number of hydrogen-bond donors (Lipinski definition) is 0. The first-order valence-corrected chi connectivity index (χ1v) is 4.18. The average Bonchev–Trinajstić information content (AvgIpc) is 2.85. The lowest BCUT2D eigenvalue weighted by Gasteiger charge is -2.00. The molecule has 0 heterocycles. The van der Waals surface area contributed by atoms with Crippen molar-refractivity contribution in [2.75, 3.05) is 19.8 Å². The van der Waals surface area contributed by atoms with Gasteiger partial charge in [0.25, 0.3) is 0 Å². The molecule has 0 bridgehead atoms. The monoisotopic (exact) mass is 180 g/mol. The highest BCUT2D eigenvalue weighted by molar-refractivity contribution is 5.83. The molecule has 1 atom stereocenters. The Morgan fingerprint density at radius 2 is 2.54 bits per heavy atom. The summed E-state index contributed by atoms with van der Waals surface area (Å²) < 4.78 is 9.87. The molecule has 0 N–H and O–H groups in total. The fourth-order valence-electron chi connectivity index (χ4n) is 0.983. The highest BCUT2D eigenvalue weighted by Gasteiger charge is 2.32. The van der Waals surface area contributed by atoms with Crippen LogP contribution >= 0.6 is 0 Å². The standard InChI is InChI=1S/C10H12O3/c1-3-5-12-7-8-6-9(8)10(11)13-4-2/h1,6,9H,4-5,7H2,2H3. The Bertz CT molecular complexity index is 260. The van der Waals surface area contributed by atoms with Crippen LogP contribution in [0.1, 0.15) is 6.92 Å². The van der Waals surface area contributed by atoms with E-state index < -0.39 is 0 Å². The lowest BCUT2D eigenvalue weighted by atomic mass is 10.3. The summed E-state index contributed by atoms with van der Waals surface area (Å²) in [6.07, 6.45) is 6.82. The van der Waals surface area contributed by atoms with E-state index in [1.165, 1.54) is 0 Å². The van der Waals surface area contributed by atoms with Crippen LogP contribution in [0.3, 0.4) is 0 Å². The van der Waals surface area contributed by atoms with Gasteiger partial charge in [0.2, 0.25) is 0 Å². The van der Waals surface area contributed by atoms with E-state index >= 15 is 0 Å². The predicted molar refractivity (Wildman–Crippen MR) is 47.9 cm³/mol. The number of ether oxygens (including phenoxy) is 2. The van der Waals surface area contributed by atoms with Crippen LogP contribution in [-0.2, 0) is 14.3 Å². The van der Waals surface area contributed by atoms with Crippen molar-refractivity contribution in [2.45, 2.75) is 6.92 Å². The van der Waals surface area contributed by atoms with Gasteiger partial charge in [-0.1, -0.05) is 12.0 Å². The lowest BCUT2D eigenvalue weighted by molar-refractivity contribution is -0.144. The van der Waals surface area contributed by atoms with E-state index in [0.29, 0.717) is 13.2 Å². The molecule has 0 aromatic heterocycles. The van der Waals surface area contributed by atoms with Crippen LogP contribution < -0.4 is 0 Å². The first kappa shape index (κ1) is 9.82. The molecule has 0 aromatic carbocycles. The minimum atomic E-state index is -0.193. The fraction of sp³-hybridized carbons (Fsp3) is 0.500. The van der Waals surface area contributed by atoms with Gasteiger partial charge in [-0.2, -0.15) is 0 Å². The predicted octanol–water partition coefficient (Wildman–Crippen LogP) is 0.755. The maximum absolute atomic E-state index is 11.1. The molecule has 1 aliphatic carbocycles. The largest absolute Gasteiger partial charge is 0.465 e. The van der Waals surface area contributed by atoms with E-state index in [9.17, 15) is 4.79 Å². The molecule has 0 aromatic rings. The summed E-state index contributed by atoms with van der Waals surface area (Å²) in [6, 6.07) is 0. The Labute approximate surface area is 77.7 Å². The summed E-state index contributed by atoms with van der Waals surface area (Å²) in [7, 11) is 0. The van der Waals surface area contributed by atoms with Gasteiger partial charge >= 0.3 is 5.97 Å². The Kier molecular flexibility index (Phi) is 3.53. The number of esters is 1. The minimum Gasteiger partial charge on any atom is -0.465 e. The van der Waals surface area contributed by atoms with Gasteiger partial charge in [0, 0.05) is 0 Å². The van der Waals surface area contributed by atoms with Crippen LogP contribution in [0.15, 0.2) is 11.6 Å². The van der Waals surface area contributed by atoms with E-state index in [2.05, 4.69) is 5.92 Å². The van der Waals surface area contributed by atoms with Crippen molar-refractivity contribution in [3.8, 4) is 12.3 Å². The molecule has 0 saturated heterocycles. The molecule has 13 heavy (non-hydrogen) atoms. The van der Waals surface area contributed by atoms with E-state index in [1.54, 1.807) is 6.92 Å². The average molecular weight is 180 g/mol. The molecule has 70 valence electrons. The minimum absolute atomic E-state index is 0.155. The van der Waals surface area contributed by atoms with Crippen LogP contribution in [0.25, 0.3) is 0 Å². The zero-order valence-electron chi connectivity index (χ0n) is 7.58. The number of hydrogen-bond acceptors (Lipinski definition) is 3. The van der Waals surface area contributed by atoms with Crippen LogP contribution in [0, 0.1) is 18.3 Å². The van der Waals surface area contributed by atoms with Crippen LogP contribution in [0.5, 0.6) is 0 Å². The summed E-state index contributed by atoms with van der Waals surface area (Å²) in [5.74, 6) is 2.01. The van der Waals surface area contributed by atoms with Gasteiger partial charge in [0.15, 0.2) is 0 Å². The summed E-state index contributed by atoms with van der Waals surface area (Å²) in [5, 5.41) is 0. The summed E-state index contributed by atoms with van der Waals surface area (Å²) in [5.41, 5.74) is 0.966. The molecule has 1 aliphatic rings. The molecule has 0 spiro atoms. The third-order valence-electron chi connectivity index (χ3n) is 1.67. The first-order chi connectivity index (χ1) is 6.29. The van der Waals surface area contributed by atoms with Gasteiger partial charge in [0.05, 0.1) is 19.1 Å². The number of rotatable bonds is 5. The van der Waals surface area contributed by atoms with Gasteiger partial charge < -0.3 is 9.47 Å². The molecule has 0 amide bonds. The van der Waals surface area contributed by atoms with Crippen LogP contribution in [0.4, 0.5) is 0 Å². The Morgan fingerprint density at radius 1 is 1.77 bits per heavy atom. The second kappa shape index (κ2) is 4.68. The zero-order valence-corrected chi connectivity index (χ0v) is 7.58. The van der Waals surface area contributed by atoms with Gasteiger partial charge in [-0.05, 0) is 12.5 Å². The van der Waals surface area contributed by atoms with Crippen LogP contribution in [-0.4, -0.2) is 25.8 Å². The van der Waals surface area contributed by atoms with Crippen molar-refractivity contribution in [3.05, 3.63) is 11.6 Å². The topological polar surface area (TPSA) is 35.5 Å². The summed E-state index contributed by atoms with van der Waals surface area (Å²) in [6.45, 7) is 2.93. The number of terminal acetylenes is 1. The maximum atomic E-state index is 11.1. The van der Waals surface area contributed by atoms with Crippen molar-refractivity contribution < 1.29 is 14.3 Å². The summed E-state index contributed by atoms with van der Waals surface area (Å²) in [4.78, 5) is 11.1. The molecular formula is C10H12O3. The molecule has 3 nitrogen and oxygen atoms in total. The third kappa shape index (κ3) is 2.92. The van der Waals surface area contributed by atoms with Crippen molar-refractivity contribution in [3.63, 3.8) is 0 Å². The second-order valence-electron chi connectivity index (χ2n) is 2.67. The van der Waals surface area contributed by atoms with E-state index in [0.717, 1.165) is 5.57 Å². The molecule has 0 saturated carbocycles. The first-order valence-electron chi connectivity index (χ1n) is 4.18. The molecule has 3 heteroatoms. The smallest absolute Gasteiger partial charge is 0.317 e. The second-order valence-corrected chi connectivity index (χ2v) is 2.67. The molecular weight excluding hydrogens is 168 g/mol. The maximum Gasteiger partial charge on any atom is 0.317 e. The summed E-state index contributed by atoms with van der Waals surface area (Å²) >= 11 is 0. The Balaban J connectivity index is 2.11. The van der Waals surface area contributed by atoms with Crippen molar-refractivity contribution >= 4 is 5.97 Å². The van der Waals surface area contributed by atoms with Crippen molar-refractivity contribution in [1.29, 1.82) is 0 Å². The SMILES string of the molecule is C#CCOCC1=CC1C(=O)OCC. The molecule has 1 rings (SSSR count). The van der Waals surface area contributed by atoms with Gasteiger partial charge in [-0.3, -0.25) is 4.79 Å². The number of carbonyl (C=O) groups is 1. The van der Waals surface area contributed by atoms with Crippen molar-refractivity contribution in [1.82, 2.24) is 0 Å². The Morgan fingerprint density at radius 3 is 3.15 bits per heavy atom. The lowest BCUT2D eigenvalue weighted by Crippen LogP contribution is -2.09. The highest BCUT2D eigenvalue weighted by Crippen LogP contribution is 2.29. The highest BCUT2D eigenvalue weighted by atomic mass is 16.5. The van der Waals surface area contributed by atoms with Gasteiger partial charge in [-0.25, -0.2) is 0 Å². The van der Waals surface area contributed by atoms with E-state index in [1.807, 2.05) is 6.08 Å². The number of carbonyl (C=O) groups excluding carboxylic acids is 1. The fourth-order valence-corrected chi connectivity index (χ4v) is 0.983. The molecule has 0 radical (unpaired) electrons. The van der Waals surface area contributed by atoms with Gasteiger partial charge in [-0.15, -0.1) is 6.42 Å². The Hall–Kier alpha value is -1.27. The normalized spacial score (nSPS) is 18.8. The third-order valence-corrected chi connectivity index (χ3v) is 1.67. The van der Waals surface area contributed by atoms with Crippen molar-refractivity contribution in [2.24, 2.45) is 5.92 Å². The molecule has 0 aliphatic heterocycles.